The number of methoxy groups -OCH3 is 3. The summed E-state index contributed by atoms with van der Waals surface area (Å²) in [6.45, 7) is 25.4. The molecule has 4 fully saturated rings. The number of ether oxygens (including phenoxy) is 3. The van der Waals surface area contributed by atoms with Gasteiger partial charge >= 0.3 is 17.9 Å². The predicted octanol–water partition coefficient (Wildman–Crippen LogP) is 5.78. The van der Waals surface area contributed by atoms with Gasteiger partial charge in [-0.15, -0.1) is 0 Å². The molecule has 4 aliphatic rings. The van der Waals surface area contributed by atoms with E-state index in [1.807, 2.05) is 6.92 Å². The third-order valence-corrected chi connectivity index (χ3v) is 13.7. The summed E-state index contributed by atoms with van der Waals surface area (Å²) in [6, 6.07) is 0. The molecule has 0 radical (unpaired) electrons. The molecule has 0 aliphatic heterocycles. The summed E-state index contributed by atoms with van der Waals surface area (Å²) < 4.78 is 37.6. The maximum Gasteiger partial charge on any atom is 0.314 e. The van der Waals surface area contributed by atoms with Crippen molar-refractivity contribution in [3.05, 3.63) is 12.2 Å². The molecule has 1 unspecified atom stereocenters. The molecule has 44 heavy (non-hydrogen) atoms. The van der Waals surface area contributed by atoms with Crippen molar-refractivity contribution in [2.75, 3.05) is 21.3 Å². The third-order valence-electron chi connectivity index (χ3n) is 10.7. The van der Waals surface area contributed by atoms with Crippen LogP contribution in [0, 0.1) is 39.9 Å². The standard InChI is InChI=1S/C32H56O9Si3/c1-19-16-31-17-20(19)21(39-42(6,7)8)15-23(31)32(29(35)38-5)18-22(40-43(9,10)11)26(41-44(12,13)14)30(2,28(34)37-4)25(32)24(31)27(33)36-3/h20-26H,1,15-18H2,2-14H3/t20?,21-,22-,23+,24+,25+,26-,30-,31-,32+/m0/s1. The molecule has 250 valence electrons. The van der Waals surface area contributed by atoms with Crippen molar-refractivity contribution in [1.82, 2.24) is 0 Å². The van der Waals surface area contributed by atoms with Crippen molar-refractivity contribution in [1.29, 1.82) is 0 Å². The van der Waals surface area contributed by atoms with Gasteiger partial charge in [0.15, 0.2) is 25.0 Å². The lowest BCUT2D eigenvalue weighted by Crippen LogP contribution is -2.68. The lowest BCUT2D eigenvalue weighted by atomic mass is 9.50. The van der Waals surface area contributed by atoms with E-state index >= 15 is 0 Å². The molecular formula is C32H56O9Si3. The molecule has 0 N–H and O–H groups in total. The molecule has 0 saturated heterocycles. The Morgan fingerprint density at radius 3 is 1.75 bits per heavy atom. The van der Waals surface area contributed by atoms with E-state index in [0.717, 1.165) is 5.57 Å². The Morgan fingerprint density at radius 1 is 0.750 bits per heavy atom. The van der Waals surface area contributed by atoms with E-state index in [4.69, 9.17) is 27.5 Å². The van der Waals surface area contributed by atoms with Crippen LogP contribution in [0.1, 0.15) is 32.6 Å². The van der Waals surface area contributed by atoms with E-state index in [2.05, 4.69) is 65.5 Å². The number of hydrogen-bond acceptors (Lipinski definition) is 9. The van der Waals surface area contributed by atoms with Gasteiger partial charge in [0, 0.05) is 11.8 Å². The highest BCUT2D eigenvalue weighted by Gasteiger charge is 2.83. The quantitative estimate of drug-likeness (QED) is 0.131. The molecule has 0 aromatic heterocycles. The van der Waals surface area contributed by atoms with Crippen LogP contribution in [0.2, 0.25) is 58.9 Å². The minimum absolute atomic E-state index is 0.0485. The van der Waals surface area contributed by atoms with Gasteiger partial charge in [0.2, 0.25) is 0 Å². The molecule has 9 nitrogen and oxygen atoms in total. The van der Waals surface area contributed by atoms with Crippen LogP contribution in [0.15, 0.2) is 12.2 Å². The average molecular weight is 669 g/mol. The summed E-state index contributed by atoms with van der Waals surface area (Å²) >= 11 is 0. The monoisotopic (exact) mass is 668 g/mol. The second kappa shape index (κ2) is 11.4. The maximum absolute atomic E-state index is 14.7. The number of esters is 3. The van der Waals surface area contributed by atoms with Gasteiger partial charge < -0.3 is 27.5 Å². The normalized spacial score (nSPS) is 40.2. The molecule has 2 bridgehead atoms. The van der Waals surface area contributed by atoms with Crippen molar-refractivity contribution >= 4 is 42.9 Å². The first-order valence-electron chi connectivity index (χ1n) is 16.0. The predicted molar refractivity (Wildman–Crippen MR) is 175 cm³/mol. The topological polar surface area (TPSA) is 107 Å². The van der Waals surface area contributed by atoms with Crippen molar-refractivity contribution in [2.45, 2.75) is 110 Å². The highest BCUT2D eigenvalue weighted by Crippen LogP contribution is 2.78. The number of fused-ring (bicyclic) bond motifs is 3. The molecule has 0 heterocycles. The smallest absolute Gasteiger partial charge is 0.314 e. The van der Waals surface area contributed by atoms with Gasteiger partial charge in [-0.3, -0.25) is 14.4 Å². The van der Waals surface area contributed by atoms with E-state index in [1.165, 1.54) is 21.3 Å². The molecule has 0 aromatic rings. The molecule has 4 saturated carbocycles. The molecule has 0 amide bonds. The van der Waals surface area contributed by atoms with Gasteiger partial charge in [-0.2, -0.15) is 0 Å². The summed E-state index contributed by atoms with van der Waals surface area (Å²) in [6.07, 6.45) is 0.534. The van der Waals surface area contributed by atoms with Crippen molar-refractivity contribution in [3.63, 3.8) is 0 Å². The van der Waals surface area contributed by atoms with Gasteiger partial charge in [-0.05, 0) is 103 Å². The summed E-state index contributed by atoms with van der Waals surface area (Å²) in [5.41, 5.74) is -2.31. The van der Waals surface area contributed by atoms with Crippen LogP contribution in [-0.2, 0) is 41.9 Å². The van der Waals surface area contributed by atoms with Crippen LogP contribution in [0.4, 0.5) is 0 Å². The van der Waals surface area contributed by atoms with Crippen LogP contribution in [0.5, 0.6) is 0 Å². The first-order valence-corrected chi connectivity index (χ1v) is 26.2. The van der Waals surface area contributed by atoms with Crippen LogP contribution in [-0.4, -0.2) is 82.5 Å². The largest absolute Gasteiger partial charge is 0.469 e. The zero-order chi connectivity index (χ0) is 33.4. The first-order chi connectivity index (χ1) is 20.0. The minimum atomic E-state index is -2.31. The zero-order valence-electron chi connectivity index (χ0n) is 29.3. The van der Waals surface area contributed by atoms with Gasteiger partial charge in [-0.1, -0.05) is 12.2 Å². The Bertz CT molecular complexity index is 1190. The average Bonchev–Trinajstić information content (AvgIpc) is 3.31. The fourth-order valence-corrected chi connectivity index (χ4v) is 13.3. The van der Waals surface area contributed by atoms with Crippen LogP contribution in [0.3, 0.4) is 0 Å². The Kier molecular flexibility index (Phi) is 9.23. The lowest BCUT2D eigenvalue weighted by molar-refractivity contribution is -0.210. The Labute approximate surface area is 267 Å². The van der Waals surface area contributed by atoms with Crippen molar-refractivity contribution in [2.24, 2.45) is 39.9 Å². The Balaban J connectivity index is 2.10. The summed E-state index contributed by atoms with van der Waals surface area (Å²) in [5, 5.41) is 0. The SMILES string of the molecule is C=C1C[C@]23CC1[C@@H](O[Si](C)(C)C)C[C@H]2[C@]1(C(=O)OC)C[C@H](O[Si](C)(C)C)[C@H](O[Si](C)(C)C)[C@@](C)(C(=O)OC)[C@H]1[C@@H]3C(=O)OC. The first kappa shape index (κ1) is 35.5. The molecule has 10 atom stereocenters. The number of carbonyl (C=O) groups excluding carboxylic acids is 3. The van der Waals surface area contributed by atoms with Gasteiger partial charge in [0.1, 0.15) is 0 Å². The zero-order valence-corrected chi connectivity index (χ0v) is 32.3. The summed E-state index contributed by atoms with van der Waals surface area (Å²) in [7, 11) is -2.41. The highest BCUT2D eigenvalue weighted by molar-refractivity contribution is 6.70. The number of hydrogen-bond donors (Lipinski definition) is 0. The third kappa shape index (κ3) is 5.63. The Hall–Kier alpha value is -1.32. The second-order valence-corrected chi connectivity index (χ2v) is 30.2. The van der Waals surface area contributed by atoms with Crippen LogP contribution < -0.4 is 0 Å². The molecule has 1 spiro atoms. The van der Waals surface area contributed by atoms with E-state index < -0.39 is 83.1 Å². The van der Waals surface area contributed by atoms with Crippen LogP contribution in [0.25, 0.3) is 0 Å². The number of carbonyl (C=O) groups is 3. The fourth-order valence-electron chi connectivity index (χ4n) is 9.87. The van der Waals surface area contributed by atoms with Crippen molar-refractivity contribution in [3.8, 4) is 0 Å². The molecule has 12 heteroatoms. The van der Waals surface area contributed by atoms with Gasteiger partial charge in [0.05, 0.1) is 56.4 Å². The molecule has 0 aromatic carbocycles. The van der Waals surface area contributed by atoms with Crippen molar-refractivity contribution < 1.29 is 41.9 Å². The highest BCUT2D eigenvalue weighted by atomic mass is 28.4. The molecule has 4 aliphatic carbocycles. The fraction of sp³-hybridized carbons (Fsp3) is 0.844. The van der Waals surface area contributed by atoms with E-state index in [1.54, 1.807) is 0 Å². The molecule has 4 rings (SSSR count). The lowest BCUT2D eigenvalue weighted by Gasteiger charge is -2.58. The van der Waals surface area contributed by atoms with E-state index in [0.29, 0.717) is 19.3 Å². The summed E-state index contributed by atoms with van der Waals surface area (Å²) in [4.78, 5) is 43.3. The second-order valence-electron chi connectivity index (χ2n) is 16.8. The summed E-state index contributed by atoms with van der Waals surface area (Å²) in [5.74, 6) is -3.24. The minimum Gasteiger partial charge on any atom is -0.469 e. The van der Waals surface area contributed by atoms with Crippen LogP contribution >= 0.6 is 0 Å². The number of rotatable bonds is 9. The maximum atomic E-state index is 14.7. The van der Waals surface area contributed by atoms with E-state index in [-0.39, 0.29) is 24.4 Å². The van der Waals surface area contributed by atoms with E-state index in [9.17, 15) is 14.4 Å². The Morgan fingerprint density at radius 2 is 1.27 bits per heavy atom. The molecular weight excluding hydrogens is 613 g/mol. The van der Waals surface area contributed by atoms with Gasteiger partial charge in [-0.25, -0.2) is 0 Å². The van der Waals surface area contributed by atoms with Gasteiger partial charge in [0.25, 0.3) is 0 Å².